The largest absolute Gasteiger partial charge is 0.487 e. The lowest BCUT2D eigenvalue weighted by molar-refractivity contribution is 0.300. The van der Waals surface area contributed by atoms with E-state index in [-0.39, 0.29) is 0 Å². The summed E-state index contributed by atoms with van der Waals surface area (Å²) in [4.78, 5) is 0. The van der Waals surface area contributed by atoms with Crippen molar-refractivity contribution in [2.24, 2.45) is 5.92 Å². The van der Waals surface area contributed by atoms with E-state index in [9.17, 15) is 0 Å². The monoisotopic (exact) mass is 165 g/mol. The second-order valence-electron chi connectivity index (χ2n) is 3.24. The average molecular weight is 165 g/mol. The summed E-state index contributed by atoms with van der Waals surface area (Å²) in [5, 5.41) is 8.61. The number of ether oxygens (including phenoxy) is 1. The Kier molecular flexibility index (Phi) is 3.66. The van der Waals surface area contributed by atoms with Crippen molar-refractivity contribution in [3.63, 3.8) is 0 Å². The first-order valence-corrected chi connectivity index (χ1v) is 4.52. The Hall–Kier alpha value is -0.970. The van der Waals surface area contributed by atoms with Gasteiger partial charge in [-0.25, -0.2) is 0 Å². The van der Waals surface area contributed by atoms with E-state index in [2.05, 4.69) is 0 Å². The van der Waals surface area contributed by atoms with Crippen LogP contribution in [0.2, 0.25) is 0 Å². The number of methoxy groups -OCH3 is 1. The maximum atomic E-state index is 8.61. The van der Waals surface area contributed by atoms with Gasteiger partial charge in [0.05, 0.1) is 7.11 Å². The number of rotatable bonds is 2. The van der Waals surface area contributed by atoms with Crippen LogP contribution >= 0.6 is 0 Å². The molecule has 1 saturated carbocycles. The first kappa shape index (κ1) is 9.12. The highest BCUT2D eigenvalue weighted by Gasteiger charge is 2.11. The molecule has 0 atom stereocenters. The molecular weight excluding hydrogens is 150 g/mol. The van der Waals surface area contributed by atoms with E-state index in [0.717, 1.165) is 0 Å². The molecule has 0 heterocycles. The highest BCUT2D eigenvalue weighted by molar-refractivity contribution is 5.14. The predicted molar refractivity (Wildman–Crippen MR) is 47.3 cm³/mol. The van der Waals surface area contributed by atoms with Crippen LogP contribution in [-0.4, -0.2) is 7.11 Å². The van der Waals surface area contributed by atoms with Gasteiger partial charge >= 0.3 is 0 Å². The van der Waals surface area contributed by atoms with Gasteiger partial charge in [0.2, 0.25) is 0 Å². The zero-order valence-electron chi connectivity index (χ0n) is 7.55. The average Bonchev–Trinajstić information content (AvgIpc) is 2.16. The summed E-state index contributed by atoms with van der Waals surface area (Å²) in [6.07, 6.45) is 8.34. The molecule has 0 saturated heterocycles. The van der Waals surface area contributed by atoms with Gasteiger partial charge in [-0.3, -0.25) is 0 Å². The highest BCUT2D eigenvalue weighted by Crippen LogP contribution is 2.25. The quantitative estimate of drug-likeness (QED) is 0.465. The summed E-state index contributed by atoms with van der Waals surface area (Å²) in [6, 6.07) is 2.04. The van der Waals surface area contributed by atoms with Gasteiger partial charge in [-0.15, -0.1) is 0 Å². The Morgan fingerprint density at radius 2 is 2.08 bits per heavy atom. The molecule has 0 aliphatic heterocycles. The van der Waals surface area contributed by atoms with E-state index >= 15 is 0 Å². The van der Waals surface area contributed by atoms with Gasteiger partial charge in [-0.1, -0.05) is 19.3 Å². The number of hydrogen-bond donors (Lipinski definition) is 0. The molecule has 1 rings (SSSR count). The van der Waals surface area contributed by atoms with Gasteiger partial charge in [0, 0.05) is 0 Å². The molecule has 2 heteroatoms. The van der Waals surface area contributed by atoms with Crippen LogP contribution in [0, 0.1) is 17.2 Å². The van der Waals surface area contributed by atoms with Gasteiger partial charge in [0.15, 0.2) is 5.76 Å². The zero-order valence-corrected chi connectivity index (χ0v) is 7.55. The summed E-state index contributed by atoms with van der Waals surface area (Å²) >= 11 is 0. The second kappa shape index (κ2) is 4.82. The molecule has 0 radical (unpaired) electrons. The minimum absolute atomic E-state index is 0.474. The fourth-order valence-electron chi connectivity index (χ4n) is 1.67. The molecule has 0 amide bonds. The Bertz CT molecular complexity index is 196. The van der Waals surface area contributed by atoms with Crippen LogP contribution in [0.4, 0.5) is 0 Å². The molecule has 1 fully saturated rings. The molecule has 0 unspecified atom stereocenters. The highest BCUT2D eigenvalue weighted by atomic mass is 16.5. The lowest BCUT2D eigenvalue weighted by Gasteiger charge is -2.17. The molecule has 1 aliphatic rings. The van der Waals surface area contributed by atoms with Gasteiger partial charge < -0.3 is 4.74 Å². The Labute approximate surface area is 73.8 Å². The molecule has 2 nitrogen and oxygen atoms in total. The van der Waals surface area contributed by atoms with Gasteiger partial charge in [0.25, 0.3) is 0 Å². The molecule has 0 N–H and O–H groups in total. The van der Waals surface area contributed by atoms with Crippen molar-refractivity contribution < 1.29 is 4.74 Å². The molecule has 0 spiro atoms. The lowest BCUT2D eigenvalue weighted by Crippen LogP contribution is -2.04. The van der Waals surface area contributed by atoms with E-state index in [1.165, 1.54) is 32.1 Å². The van der Waals surface area contributed by atoms with Crippen LogP contribution in [0.5, 0.6) is 0 Å². The van der Waals surface area contributed by atoms with Crippen molar-refractivity contribution in [2.75, 3.05) is 7.11 Å². The summed E-state index contributed by atoms with van der Waals surface area (Å²) in [5.41, 5.74) is 0. The minimum atomic E-state index is 0.474. The van der Waals surface area contributed by atoms with Crippen LogP contribution < -0.4 is 0 Å². The number of hydrogen-bond acceptors (Lipinski definition) is 2. The third-order valence-electron chi connectivity index (χ3n) is 2.37. The van der Waals surface area contributed by atoms with Crippen LogP contribution in [0.25, 0.3) is 0 Å². The molecule has 12 heavy (non-hydrogen) atoms. The maximum absolute atomic E-state index is 8.61. The molecule has 0 aromatic heterocycles. The van der Waals surface area contributed by atoms with Crippen molar-refractivity contribution >= 4 is 0 Å². The summed E-state index contributed by atoms with van der Waals surface area (Å²) in [6.45, 7) is 0. The van der Waals surface area contributed by atoms with Gasteiger partial charge in [-0.05, 0) is 24.8 Å². The van der Waals surface area contributed by atoms with Crippen molar-refractivity contribution in [3.8, 4) is 6.07 Å². The lowest BCUT2D eigenvalue weighted by atomic mass is 9.89. The van der Waals surface area contributed by atoms with Crippen molar-refractivity contribution in [3.05, 3.63) is 11.8 Å². The van der Waals surface area contributed by atoms with Crippen LogP contribution in [-0.2, 0) is 4.74 Å². The number of allylic oxidation sites excluding steroid dienone is 2. The molecule has 66 valence electrons. The van der Waals surface area contributed by atoms with E-state index in [1.54, 1.807) is 7.11 Å². The SMILES string of the molecule is CO/C(C#N)=C/C1CCCCC1. The predicted octanol–water partition coefficient (Wildman–Crippen LogP) is 2.62. The molecule has 1 aliphatic carbocycles. The normalized spacial score (nSPS) is 20.2. The van der Waals surface area contributed by atoms with Crippen LogP contribution in [0.15, 0.2) is 11.8 Å². The van der Waals surface area contributed by atoms with E-state index in [1.807, 2.05) is 12.1 Å². The van der Waals surface area contributed by atoms with Crippen LogP contribution in [0.3, 0.4) is 0 Å². The molecule has 0 bridgehead atoms. The summed E-state index contributed by atoms with van der Waals surface area (Å²) in [5.74, 6) is 1.05. The zero-order chi connectivity index (χ0) is 8.81. The third kappa shape index (κ3) is 2.58. The van der Waals surface area contributed by atoms with Crippen molar-refractivity contribution in [1.82, 2.24) is 0 Å². The van der Waals surface area contributed by atoms with Gasteiger partial charge in [0.1, 0.15) is 6.07 Å². The fourth-order valence-corrected chi connectivity index (χ4v) is 1.67. The Morgan fingerprint density at radius 3 is 2.58 bits per heavy atom. The smallest absolute Gasteiger partial charge is 0.192 e. The third-order valence-corrected chi connectivity index (χ3v) is 2.37. The number of nitrogens with zero attached hydrogens (tertiary/aromatic N) is 1. The van der Waals surface area contributed by atoms with Crippen molar-refractivity contribution in [2.45, 2.75) is 32.1 Å². The fraction of sp³-hybridized carbons (Fsp3) is 0.700. The van der Waals surface area contributed by atoms with E-state index < -0.39 is 0 Å². The topological polar surface area (TPSA) is 33.0 Å². The Morgan fingerprint density at radius 1 is 1.42 bits per heavy atom. The first-order valence-electron chi connectivity index (χ1n) is 4.52. The van der Waals surface area contributed by atoms with Crippen LogP contribution in [0.1, 0.15) is 32.1 Å². The molecule has 0 aromatic carbocycles. The van der Waals surface area contributed by atoms with E-state index in [4.69, 9.17) is 10.00 Å². The summed E-state index contributed by atoms with van der Waals surface area (Å²) in [7, 11) is 1.55. The first-order chi connectivity index (χ1) is 5.86. The molecular formula is C10H15NO. The second-order valence-corrected chi connectivity index (χ2v) is 3.24. The summed E-state index contributed by atoms with van der Waals surface area (Å²) < 4.78 is 4.90. The van der Waals surface area contributed by atoms with Gasteiger partial charge in [-0.2, -0.15) is 5.26 Å². The Balaban J connectivity index is 2.46. The maximum Gasteiger partial charge on any atom is 0.192 e. The number of nitriles is 1. The molecule has 0 aromatic rings. The minimum Gasteiger partial charge on any atom is -0.487 e. The standard InChI is InChI=1S/C10H15NO/c1-12-10(8-11)7-9-5-3-2-4-6-9/h7,9H,2-6H2,1H3/b10-7+. The van der Waals surface area contributed by atoms with Crippen molar-refractivity contribution in [1.29, 1.82) is 5.26 Å². The van der Waals surface area contributed by atoms with E-state index in [0.29, 0.717) is 11.7 Å².